The first-order valence-electron chi connectivity index (χ1n) is 6.49. The zero-order valence-corrected chi connectivity index (χ0v) is 11.4. The lowest BCUT2D eigenvalue weighted by Crippen LogP contribution is -2.28. The van der Waals surface area contributed by atoms with Crippen LogP contribution in [-0.4, -0.2) is 28.3 Å². The van der Waals surface area contributed by atoms with Gasteiger partial charge in [0, 0.05) is 18.3 Å². The van der Waals surface area contributed by atoms with Crippen LogP contribution in [0.1, 0.15) is 42.7 Å². The molecule has 2 rings (SSSR count). The summed E-state index contributed by atoms with van der Waals surface area (Å²) in [5.41, 5.74) is 7.32. The third kappa shape index (κ3) is 2.56. The molecule has 1 fully saturated rings. The van der Waals surface area contributed by atoms with Gasteiger partial charge in [-0.3, -0.25) is 9.48 Å². The largest absolute Gasteiger partial charge is 0.349 e. The molecule has 1 heterocycles. The molecule has 18 heavy (non-hydrogen) atoms. The minimum atomic E-state index is -0.0120. The average molecular weight is 250 g/mol. The summed E-state index contributed by atoms with van der Waals surface area (Å²) in [7, 11) is 0. The maximum atomic E-state index is 12.1. The van der Waals surface area contributed by atoms with Crippen LogP contribution >= 0.6 is 0 Å². The lowest BCUT2D eigenvalue weighted by molar-refractivity contribution is 0.0945. The van der Waals surface area contributed by atoms with Gasteiger partial charge in [-0.2, -0.15) is 5.10 Å². The monoisotopic (exact) mass is 250 g/mol. The Bertz CT molecular complexity index is 450. The fourth-order valence-electron chi connectivity index (χ4n) is 2.09. The van der Waals surface area contributed by atoms with Crippen LogP contribution < -0.4 is 11.1 Å². The minimum Gasteiger partial charge on any atom is -0.349 e. The molecule has 1 amide bonds. The van der Waals surface area contributed by atoms with E-state index in [4.69, 9.17) is 5.73 Å². The molecule has 3 N–H and O–H groups in total. The Morgan fingerprint density at radius 3 is 2.89 bits per heavy atom. The maximum Gasteiger partial charge on any atom is 0.254 e. The van der Waals surface area contributed by atoms with Gasteiger partial charge in [0.05, 0.1) is 11.8 Å². The second kappa shape index (κ2) is 4.72. The van der Waals surface area contributed by atoms with Gasteiger partial charge in [0.15, 0.2) is 0 Å². The molecule has 0 radical (unpaired) electrons. The zero-order valence-electron chi connectivity index (χ0n) is 11.4. The molecule has 1 aromatic rings. The van der Waals surface area contributed by atoms with E-state index >= 15 is 0 Å². The first kappa shape index (κ1) is 13.1. The van der Waals surface area contributed by atoms with Crippen LogP contribution in [0.25, 0.3) is 0 Å². The van der Waals surface area contributed by atoms with Crippen LogP contribution in [0.4, 0.5) is 0 Å². The fraction of sp³-hybridized carbons (Fsp3) is 0.692. The molecule has 1 unspecified atom stereocenters. The number of hydrogen-bond acceptors (Lipinski definition) is 3. The Morgan fingerprint density at radius 2 is 2.33 bits per heavy atom. The van der Waals surface area contributed by atoms with Gasteiger partial charge in [0.2, 0.25) is 0 Å². The normalized spacial score (nSPS) is 20.8. The van der Waals surface area contributed by atoms with Gasteiger partial charge in [-0.25, -0.2) is 0 Å². The van der Waals surface area contributed by atoms with Crippen molar-refractivity contribution in [2.45, 2.75) is 46.2 Å². The van der Waals surface area contributed by atoms with Gasteiger partial charge in [0.25, 0.3) is 5.91 Å². The number of nitrogens with zero attached hydrogens (tertiary/aromatic N) is 2. The van der Waals surface area contributed by atoms with E-state index in [-0.39, 0.29) is 11.3 Å². The Morgan fingerprint density at radius 1 is 1.67 bits per heavy atom. The number of aryl methyl sites for hydroxylation is 1. The molecule has 0 aliphatic heterocycles. The summed E-state index contributed by atoms with van der Waals surface area (Å²) < 4.78 is 1.85. The Labute approximate surface area is 108 Å². The van der Waals surface area contributed by atoms with Crippen molar-refractivity contribution < 1.29 is 4.79 Å². The van der Waals surface area contributed by atoms with Crippen molar-refractivity contribution in [1.82, 2.24) is 15.1 Å². The number of hydrogen-bond donors (Lipinski definition) is 2. The molecule has 1 atom stereocenters. The molecule has 0 aromatic carbocycles. The van der Waals surface area contributed by atoms with Crippen molar-refractivity contribution in [2.75, 3.05) is 6.54 Å². The number of carbonyl (C=O) groups excluding carboxylic acids is 1. The number of carbonyl (C=O) groups is 1. The second-order valence-electron chi connectivity index (χ2n) is 5.73. The molecule has 1 saturated carbocycles. The third-order valence-electron chi connectivity index (χ3n) is 3.74. The van der Waals surface area contributed by atoms with E-state index in [0.717, 1.165) is 25.1 Å². The van der Waals surface area contributed by atoms with E-state index in [2.05, 4.69) is 24.3 Å². The topological polar surface area (TPSA) is 72.9 Å². The van der Waals surface area contributed by atoms with Gasteiger partial charge in [0.1, 0.15) is 0 Å². The van der Waals surface area contributed by atoms with Gasteiger partial charge in [-0.05, 0) is 31.7 Å². The number of rotatable bonds is 5. The van der Waals surface area contributed by atoms with E-state index in [1.807, 2.05) is 11.6 Å². The number of nitrogens with one attached hydrogen (secondary N) is 1. The average Bonchev–Trinajstić information content (AvgIpc) is 2.73. The Hall–Kier alpha value is -1.36. The van der Waals surface area contributed by atoms with Gasteiger partial charge in [-0.1, -0.05) is 13.8 Å². The van der Waals surface area contributed by atoms with E-state index in [9.17, 15) is 4.79 Å². The molecular formula is C13H22N4O. The standard InChI is InChI=1S/C13H22N4O/c1-9-10(8-15-17(9)6-4-5-14)12(18)16-11-7-13(11,2)3/h8,11H,4-7,14H2,1-3H3,(H,16,18). The summed E-state index contributed by atoms with van der Waals surface area (Å²) in [5, 5.41) is 7.29. The SMILES string of the molecule is Cc1c(C(=O)NC2CC2(C)C)cnn1CCCN. The lowest BCUT2D eigenvalue weighted by atomic mass is 10.2. The van der Waals surface area contributed by atoms with Crippen LogP contribution in [-0.2, 0) is 6.54 Å². The quantitative estimate of drug-likeness (QED) is 0.821. The van der Waals surface area contributed by atoms with Gasteiger partial charge < -0.3 is 11.1 Å². The summed E-state index contributed by atoms with van der Waals surface area (Å²) in [6.45, 7) is 7.66. The number of nitrogens with two attached hydrogens (primary N) is 1. The highest BCUT2D eigenvalue weighted by molar-refractivity contribution is 5.95. The lowest BCUT2D eigenvalue weighted by Gasteiger charge is -2.07. The van der Waals surface area contributed by atoms with Crippen LogP contribution in [0.15, 0.2) is 6.20 Å². The van der Waals surface area contributed by atoms with E-state index in [1.165, 1.54) is 0 Å². The number of amides is 1. The first-order valence-corrected chi connectivity index (χ1v) is 6.49. The maximum absolute atomic E-state index is 12.1. The summed E-state index contributed by atoms with van der Waals surface area (Å²) in [6, 6.07) is 0.303. The molecule has 1 aliphatic rings. The Kier molecular flexibility index (Phi) is 3.43. The molecule has 1 aromatic heterocycles. The predicted octanol–water partition coefficient (Wildman–Crippen LogP) is 1.07. The van der Waals surface area contributed by atoms with E-state index < -0.39 is 0 Å². The summed E-state index contributed by atoms with van der Waals surface area (Å²) in [6.07, 6.45) is 3.58. The van der Waals surface area contributed by atoms with E-state index in [1.54, 1.807) is 6.20 Å². The molecule has 5 heteroatoms. The minimum absolute atomic E-state index is 0.0120. The Balaban J connectivity index is 2.00. The highest BCUT2D eigenvalue weighted by atomic mass is 16.1. The second-order valence-corrected chi connectivity index (χ2v) is 5.73. The summed E-state index contributed by atoms with van der Waals surface area (Å²) in [4.78, 5) is 12.1. The van der Waals surface area contributed by atoms with Crippen molar-refractivity contribution in [3.63, 3.8) is 0 Å². The van der Waals surface area contributed by atoms with Crippen molar-refractivity contribution in [3.05, 3.63) is 17.5 Å². The van der Waals surface area contributed by atoms with Crippen LogP contribution in [0.2, 0.25) is 0 Å². The molecular weight excluding hydrogens is 228 g/mol. The number of aromatic nitrogens is 2. The van der Waals surface area contributed by atoms with Crippen molar-refractivity contribution in [2.24, 2.45) is 11.1 Å². The van der Waals surface area contributed by atoms with Crippen LogP contribution in [0.3, 0.4) is 0 Å². The van der Waals surface area contributed by atoms with Crippen molar-refractivity contribution in [3.8, 4) is 0 Å². The van der Waals surface area contributed by atoms with E-state index in [0.29, 0.717) is 18.2 Å². The zero-order chi connectivity index (χ0) is 13.3. The van der Waals surface area contributed by atoms with Crippen LogP contribution in [0.5, 0.6) is 0 Å². The molecule has 5 nitrogen and oxygen atoms in total. The third-order valence-corrected chi connectivity index (χ3v) is 3.74. The smallest absolute Gasteiger partial charge is 0.254 e. The molecule has 0 spiro atoms. The summed E-state index contributed by atoms with van der Waals surface area (Å²) >= 11 is 0. The molecule has 0 bridgehead atoms. The molecule has 0 saturated heterocycles. The highest BCUT2D eigenvalue weighted by Gasteiger charge is 2.46. The molecule has 100 valence electrons. The predicted molar refractivity (Wildman–Crippen MR) is 70.3 cm³/mol. The highest BCUT2D eigenvalue weighted by Crippen LogP contribution is 2.44. The van der Waals surface area contributed by atoms with Gasteiger partial charge >= 0.3 is 0 Å². The van der Waals surface area contributed by atoms with Gasteiger partial charge in [-0.15, -0.1) is 0 Å². The van der Waals surface area contributed by atoms with Crippen molar-refractivity contribution >= 4 is 5.91 Å². The van der Waals surface area contributed by atoms with Crippen molar-refractivity contribution in [1.29, 1.82) is 0 Å². The van der Waals surface area contributed by atoms with Crippen LogP contribution in [0, 0.1) is 12.3 Å². The fourth-order valence-corrected chi connectivity index (χ4v) is 2.09. The first-order chi connectivity index (χ1) is 8.45. The molecule has 1 aliphatic carbocycles. The summed E-state index contributed by atoms with van der Waals surface area (Å²) in [5.74, 6) is -0.0120.